The molecule has 2 aromatic rings. The quantitative estimate of drug-likeness (QED) is 0.931. The topological polar surface area (TPSA) is 38.3 Å². The van der Waals surface area contributed by atoms with Crippen LogP contribution in [0.5, 0.6) is 5.75 Å². The highest BCUT2D eigenvalue weighted by Crippen LogP contribution is 2.29. The van der Waals surface area contributed by atoms with Gasteiger partial charge in [-0.25, -0.2) is 0 Å². The number of hydrogen-bond acceptors (Lipinski definition) is 2. The van der Waals surface area contributed by atoms with Gasteiger partial charge in [0.05, 0.1) is 6.04 Å². The van der Waals surface area contributed by atoms with Crippen molar-refractivity contribution in [3.05, 3.63) is 64.7 Å². The average Bonchev–Trinajstić information content (AvgIpc) is 3.08. The van der Waals surface area contributed by atoms with Crippen LogP contribution < -0.4 is 10.1 Å². The van der Waals surface area contributed by atoms with E-state index in [-0.39, 0.29) is 18.6 Å². The Hall–Kier alpha value is -2.29. The summed E-state index contributed by atoms with van der Waals surface area (Å²) in [7, 11) is 0. The molecule has 2 aliphatic rings. The second kappa shape index (κ2) is 6.68. The molecule has 1 N–H and O–H groups in total. The van der Waals surface area contributed by atoms with Gasteiger partial charge >= 0.3 is 0 Å². The molecule has 0 saturated heterocycles. The van der Waals surface area contributed by atoms with E-state index in [0.717, 1.165) is 37.9 Å². The van der Waals surface area contributed by atoms with Gasteiger partial charge in [-0.1, -0.05) is 30.3 Å². The number of rotatable bonds is 4. The lowest BCUT2D eigenvalue weighted by Crippen LogP contribution is -2.34. The van der Waals surface area contributed by atoms with Crippen molar-refractivity contribution in [3.8, 4) is 5.75 Å². The van der Waals surface area contributed by atoms with Crippen molar-refractivity contribution in [2.45, 2.75) is 44.6 Å². The van der Waals surface area contributed by atoms with E-state index < -0.39 is 0 Å². The molecule has 1 amide bonds. The van der Waals surface area contributed by atoms with Gasteiger partial charge in [0.1, 0.15) is 5.75 Å². The summed E-state index contributed by atoms with van der Waals surface area (Å²) < 4.78 is 5.71. The number of nitrogens with one attached hydrogen (secondary N) is 1. The number of carbonyl (C=O) groups excluding carboxylic acids is 1. The maximum absolute atomic E-state index is 12.3. The van der Waals surface area contributed by atoms with Crippen LogP contribution in [0.3, 0.4) is 0 Å². The molecule has 0 bridgehead atoms. The minimum Gasteiger partial charge on any atom is -0.484 e. The Morgan fingerprint density at radius 1 is 1.00 bits per heavy atom. The maximum atomic E-state index is 12.3. The molecular weight excluding hydrogens is 298 g/mol. The van der Waals surface area contributed by atoms with Crippen LogP contribution in [0.2, 0.25) is 0 Å². The van der Waals surface area contributed by atoms with Crippen LogP contribution in [-0.2, 0) is 24.1 Å². The number of benzene rings is 2. The van der Waals surface area contributed by atoms with Crippen LogP contribution in [0.1, 0.15) is 47.6 Å². The van der Waals surface area contributed by atoms with Gasteiger partial charge in [0.15, 0.2) is 6.61 Å². The van der Waals surface area contributed by atoms with E-state index in [2.05, 4.69) is 35.6 Å². The molecule has 2 aromatic carbocycles. The number of amides is 1. The summed E-state index contributed by atoms with van der Waals surface area (Å²) in [6.07, 6.45) is 6.73. The third-order valence-electron chi connectivity index (χ3n) is 5.14. The Kier molecular flexibility index (Phi) is 4.24. The van der Waals surface area contributed by atoms with E-state index in [1.165, 1.54) is 28.7 Å². The summed E-state index contributed by atoms with van der Waals surface area (Å²) in [6.45, 7) is 0.0808. The van der Waals surface area contributed by atoms with Gasteiger partial charge in [0.25, 0.3) is 5.91 Å². The summed E-state index contributed by atoms with van der Waals surface area (Å²) in [4.78, 5) is 12.3. The van der Waals surface area contributed by atoms with Crippen molar-refractivity contribution in [2.75, 3.05) is 6.61 Å². The molecule has 3 nitrogen and oxygen atoms in total. The van der Waals surface area contributed by atoms with E-state index in [0.29, 0.717) is 0 Å². The fourth-order valence-electron chi connectivity index (χ4n) is 3.93. The predicted molar refractivity (Wildman–Crippen MR) is 94.2 cm³/mol. The highest BCUT2D eigenvalue weighted by molar-refractivity contribution is 5.78. The summed E-state index contributed by atoms with van der Waals surface area (Å²) >= 11 is 0. The molecule has 124 valence electrons. The van der Waals surface area contributed by atoms with E-state index in [1.807, 2.05) is 12.1 Å². The number of aryl methyl sites for hydroxylation is 3. The molecule has 0 heterocycles. The van der Waals surface area contributed by atoms with Gasteiger partial charge in [-0.2, -0.15) is 0 Å². The molecule has 4 rings (SSSR count). The summed E-state index contributed by atoms with van der Waals surface area (Å²) in [5.74, 6) is 0.757. The molecule has 0 aliphatic heterocycles. The SMILES string of the molecule is O=C(COc1ccc2c(c1)CCC2)NC1CCCc2ccccc21. The number of ether oxygens (including phenoxy) is 1. The summed E-state index contributed by atoms with van der Waals surface area (Å²) in [5.41, 5.74) is 5.41. The second-order valence-corrected chi connectivity index (χ2v) is 6.78. The largest absolute Gasteiger partial charge is 0.484 e. The van der Waals surface area contributed by atoms with Crippen molar-refractivity contribution in [3.63, 3.8) is 0 Å². The van der Waals surface area contributed by atoms with Crippen molar-refractivity contribution in [2.24, 2.45) is 0 Å². The Bertz CT molecular complexity index is 753. The summed E-state index contributed by atoms with van der Waals surface area (Å²) in [6, 6.07) is 14.7. The molecule has 0 radical (unpaired) electrons. The third kappa shape index (κ3) is 3.16. The van der Waals surface area contributed by atoms with Gasteiger partial charge in [0.2, 0.25) is 0 Å². The molecule has 0 spiro atoms. The van der Waals surface area contributed by atoms with E-state index >= 15 is 0 Å². The monoisotopic (exact) mass is 321 g/mol. The van der Waals surface area contributed by atoms with Crippen molar-refractivity contribution in [1.82, 2.24) is 5.32 Å². The first-order chi connectivity index (χ1) is 11.8. The molecule has 1 unspecified atom stereocenters. The molecule has 1 atom stereocenters. The highest BCUT2D eigenvalue weighted by Gasteiger charge is 2.21. The molecule has 24 heavy (non-hydrogen) atoms. The van der Waals surface area contributed by atoms with Gasteiger partial charge in [-0.3, -0.25) is 4.79 Å². The minimum absolute atomic E-state index is 0.0443. The highest BCUT2D eigenvalue weighted by atomic mass is 16.5. The van der Waals surface area contributed by atoms with Gasteiger partial charge in [0, 0.05) is 0 Å². The molecular formula is C21H23NO2. The van der Waals surface area contributed by atoms with Crippen LogP contribution in [0.4, 0.5) is 0 Å². The molecule has 3 heteroatoms. The Balaban J connectivity index is 1.36. The lowest BCUT2D eigenvalue weighted by molar-refractivity contribution is -0.123. The first-order valence-electron chi connectivity index (χ1n) is 8.91. The fraction of sp³-hybridized carbons (Fsp3) is 0.381. The number of hydrogen-bond donors (Lipinski definition) is 1. The molecule has 2 aliphatic carbocycles. The van der Waals surface area contributed by atoms with E-state index in [4.69, 9.17) is 4.74 Å². The van der Waals surface area contributed by atoms with Crippen LogP contribution in [-0.4, -0.2) is 12.5 Å². The van der Waals surface area contributed by atoms with Crippen LogP contribution in [0, 0.1) is 0 Å². The van der Waals surface area contributed by atoms with Gasteiger partial charge in [-0.15, -0.1) is 0 Å². The maximum Gasteiger partial charge on any atom is 0.258 e. The molecule has 0 fully saturated rings. The number of fused-ring (bicyclic) bond motifs is 2. The van der Waals surface area contributed by atoms with Gasteiger partial charge < -0.3 is 10.1 Å². The van der Waals surface area contributed by atoms with Crippen LogP contribution in [0.15, 0.2) is 42.5 Å². The predicted octanol–water partition coefficient (Wildman–Crippen LogP) is 3.75. The smallest absolute Gasteiger partial charge is 0.258 e. The average molecular weight is 321 g/mol. The zero-order chi connectivity index (χ0) is 16.4. The van der Waals surface area contributed by atoms with Crippen molar-refractivity contribution in [1.29, 1.82) is 0 Å². The lowest BCUT2D eigenvalue weighted by Gasteiger charge is -2.26. The Morgan fingerprint density at radius 2 is 1.83 bits per heavy atom. The van der Waals surface area contributed by atoms with E-state index in [9.17, 15) is 4.79 Å². The van der Waals surface area contributed by atoms with Gasteiger partial charge in [-0.05, 0) is 72.9 Å². The van der Waals surface area contributed by atoms with Crippen LogP contribution in [0.25, 0.3) is 0 Å². The lowest BCUT2D eigenvalue weighted by atomic mass is 9.88. The summed E-state index contributed by atoms with van der Waals surface area (Å²) in [5, 5.41) is 3.13. The van der Waals surface area contributed by atoms with Crippen LogP contribution >= 0.6 is 0 Å². The second-order valence-electron chi connectivity index (χ2n) is 6.78. The first-order valence-corrected chi connectivity index (χ1v) is 8.91. The standard InChI is InChI=1S/C21H23NO2/c23-21(14-24-18-12-11-15-6-3-8-17(15)13-18)22-20-10-4-7-16-5-1-2-9-19(16)20/h1-2,5,9,11-13,20H,3-4,6-8,10,14H2,(H,22,23). The van der Waals surface area contributed by atoms with Crippen molar-refractivity contribution < 1.29 is 9.53 Å². The molecule has 0 aromatic heterocycles. The zero-order valence-corrected chi connectivity index (χ0v) is 13.9. The Morgan fingerprint density at radius 3 is 2.79 bits per heavy atom. The number of carbonyl (C=O) groups is 1. The molecule has 0 saturated carbocycles. The first kappa shape index (κ1) is 15.3. The normalized spacial score (nSPS) is 18.6. The zero-order valence-electron chi connectivity index (χ0n) is 13.9. The van der Waals surface area contributed by atoms with Crippen molar-refractivity contribution >= 4 is 5.91 Å². The van der Waals surface area contributed by atoms with E-state index in [1.54, 1.807) is 0 Å². The fourth-order valence-corrected chi connectivity index (χ4v) is 3.93. The minimum atomic E-state index is -0.0443. The third-order valence-corrected chi connectivity index (χ3v) is 5.14. The Labute approximate surface area is 143 Å².